The molecule has 0 aliphatic rings. The summed E-state index contributed by atoms with van der Waals surface area (Å²) in [5.74, 6) is 0.711. The maximum Gasteiger partial charge on any atom is 0.262 e. The lowest BCUT2D eigenvalue weighted by atomic mass is 10.1. The quantitative estimate of drug-likeness (QED) is 0.838. The summed E-state index contributed by atoms with van der Waals surface area (Å²) in [5.41, 5.74) is 2.05. The van der Waals surface area contributed by atoms with Crippen molar-refractivity contribution >= 4 is 31.6 Å². The van der Waals surface area contributed by atoms with Crippen LogP contribution in [-0.4, -0.2) is 15.0 Å². The predicted octanol–water partition coefficient (Wildman–Crippen LogP) is 4.27. The zero-order valence-electron chi connectivity index (χ0n) is 12.7. The number of benzene rings is 2. The molecule has 2 aromatic carbocycles. The highest BCUT2D eigenvalue weighted by Gasteiger charge is 2.19. The molecule has 1 N–H and O–H groups in total. The van der Waals surface area contributed by atoms with Crippen LogP contribution >= 0.6 is 15.9 Å². The molecule has 0 aliphatic carbocycles. The summed E-state index contributed by atoms with van der Waals surface area (Å²) in [6.07, 6.45) is 0. The molecule has 0 saturated heterocycles. The Morgan fingerprint density at radius 2 is 1.68 bits per heavy atom. The molecule has 0 saturated carbocycles. The Morgan fingerprint density at radius 3 is 2.27 bits per heavy atom. The van der Waals surface area contributed by atoms with Crippen LogP contribution < -0.4 is 9.46 Å². The lowest BCUT2D eigenvalue weighted by Crippen LogP contribution is -2.15. The Bertz CT molecular complexity index is 771. The van der Waals surface area contributed by atoms with Gasteiger partial charge in [0.1, 0.15) is 5.75 Å². The van der Waals surface area contributed by atoms with E-state index in [4.69, 9.17) is 4.74 Å². The van der Waals surface area contributed by atoms with Gasteiger partial charge in [-0.3, -0.25) is 4.72 Å². The van der Waals surface area contributed by atoms with E-state index in [1.807, 2.05) is 13.8 Å². The minimum absolute atomic E-state index is 0.261. The highest BCUT2D eigenvalue weighted by atomic mass is 79.9. The largest absolute Gasteiger partial charge is 0.494 e. The molecule has 118 valence electrons. The van der Waals surface area contributed by atoms with Gasteiger partial charge in [-0.15, -0.1) is 0 Å². The topological polar surface area (TPSA) is 55.4 Å². The van der Waals surface area contributed by atoms with Gasteiger partial charge in [-0.05, 0) is 68.3 Å². The second kappa shape index (κ2) is 6.71. The first-order chi connectivity index (χ1) is 10.3. The number of ether oxygens (including phenoxy) is 1. The first-order valence-corrected chi connectivity index (χ1v) is 9.14. The van der Waals surface area contributed by atoms with Crippen molar-refractivity contribution in [2.45, 2.75) is 25.7 Å². The molecular formula is C16H18BrNO3S. The Balaban J connectivity index is 2.37. The van der Waals surface area contributed by atoms with Crippen molar-refractivity contribution < 1.29 is 13.2 Å². The minimum Gasteiger partial charge on any atom is -0.494 e. The fourth-order valence-corrected chi connectivity index (χ4v) is 3.73. The van der Waals surface area contributed by atoms with E-state index < -0.39 is 10.0 Å². The third-order valence-corrected chi connectivity index (χ3v) is 5.43. The normalized spacial score (nSPS) is 11.3. The maximum atomic E-state index is 12.6. The molecule has 6 heteroatoms. The lowest BCUT2D eigenvalue weighted by Gasteiger charge is -2.15. The molecule has 0 aromatic heterocycles. The Hall–Kier alpha value is -1.53. The molecule has 2 rings (SSSR count). The summed E-state index contributed by atoms with van der Waals surface area (Å²) in [5, 5.41) is 0. The fourth-order valence-electron chi connectivity index (χ4n) is 2.10. The summed E-state index contributed by atoms with van der Waals surface area (Å²) in [4.78, 5) is 0.261. The Morgan fingerprint density at radius 1 is 1.05 bits per heavy atom. The van der Waals surface area contributed by atoms with Gasteiger partial charge in [0.25, 0.3) is 10.0 Å². The first-order valence-electron chi connectivity index (χ1n) is 6.86. The number of nitrogens with one attached hydrogen (secondary N) is 1. The molecule has 0 unspecified atom stereocenters. The van der Waals surface area contributed by atoms with Crippen LogP contribution in [0, 0.1) is 13.8 Å². The van der Waals surface area contributed by atoms with Gasteiger partial charge in [-0.25, -0.2) is 8.42 Å². The number of halogens is 1. The van der Waals surface area contributed by atoms with Gasteiger partial charge in [-0.2, -0.15) is 0 Å². The number of rotatable bonds is 5. The van der Waals surface area contributed by atoms with Crippen molar-refractivity contribution in [1.82, 2.24) is 0 Å². The van der Waals surface area contributed by atoms with Crippen LogP contribution in [0.25, 0.3) is 0 Å². The molecule has 0 fully saturated rings. The molecular weight excluding hydrogens is 366 g/mol. The third kappa shape index (κ3) is 3.62. The van der Waals surface area contributed by atoms with Gasteiger partial charge in [0, 0.05) is 10.2 Å². The summed E-state index contributed by atoms with van der Waals surface area (Å²) in [7, 11) is -3.63. The van der Waals surface area contributed by atoms with E-state index >= 15 is 0 Å². The van der Waals surface area contributed by atoms with Crippen LogP contribution in [0.2, 0.25) is 0 Å². The number of hydrogen-bond acceptors (Lipinski definition) is 3. The highest BCUT2D eigenvalue weighted by molar-refractivity contribution is 9.10. The van der Waals surface area contributed by atoms with Crippen molar-refractivity contribution in [3.05, 3.63) is 52.0 Å². The van der Waals surface area contributed by atoms with E-state index in [2.05, 4.69) is 20.7 Å². The lowest BCUT2D eigenvalue weighted by molar-refractivity contribution is 0.337. The zero-order valence-corrected chi connectivity index (χ0v) is 15.1. The van der Waals surface area contributed by atoms with Crippen LogP contribution in [0.1, 0.15) is 18.1 Å². The predicted molar refractivity (Wildman–Crippen MR) is 92.0 cm³/mol. The van der Waals surface area contributed by atoms with Gasteiger partial charge >= 0.3 is 0 Å². The molecule has 0 aliphatic heterocycles. The molecule has 0 radical (unpaired) electrons. The molecule has 0 spiro atoms. The molecule has 0 heterocycles. The van der Waals surface area contributed by atoms with Crippen LogP contribution in [0.15, 0.2) is 45.8 Å². The molecule has 0 atom stereocenters. The van der Waals surface area contributed by atoms with E-state index in [1.165, 1.54) is 0 Å². The summed E-state index contributed by atoms with van der Waals surface area (Å²) >= 11 is 3.32. The number of anilines is 1. The molecule has 22 heavy (non-hydrogen) atoms. The Labute approximate surface area is 139 Å². The van der Waals surface area contributed by atoms with E-state index in [-0.39, 0.29) is 4.90 Å². The van der Waals surface area contributed by atoms with E-state index in [0.717, 1.165) is 10.0 Å². The van der Waals surface area contributed by atoms with Crippen LogP contribution in [0.4, 0.5) is 5.69 Å². The van der Waals surface area contributed by atoms with Gasteiger partial charge in [0.15, 0.2) is 0 Å². The molecule has 0 amide bonds. The van der Waals surface area contributed by atoms with Gasteiger partial charge < -0.3 is 4.74 Å². The monoisotopic (exact) mass is 383 g/mol. The minimum atomic E-state index is -3.63. The fraction of sp³-hybridized carbons (Fsp3) is 0.250. The first kappa shape index (κ1) is 16.8. The molecule has 4 nitrogen and oxygen atoms in total. The average Bonchev–Trinajstić information content (AvgIpc) is 2.46. The zero-order chi connectivity index (χ0) is 16.3. The van der Waals surface area contributed by atoms with Gasteiger partial charge in [0.05, 0.1) is 11.5 Å². The van der Waals surface area contributed by atoms with E-state index in [0.29, 0.717) is 23.6 Å². The molecule has 2 aromatic rings. The van der Waals surface area contributed by atoms with E-state index in [9.17, 15) is 8.42 Å². The SMILES string of the molecule is CCOc1ccc(S(=O)(=O)Nc2ccc(Br)cc2)c(C)c1C. The van der Waals surface area contributed by atoms with Crippen molar-refractivity contribution in [1.29, 1.82) is 0 Å². The van der Waals surface area contributed by atoms with Crippen molar-refractivity contribution in [3.8, 4) is 5.75 Å². The molecule has 0 bridgehead atoms. The van der Waals surface area contributed by atoms with E-state index in [1.54, 1.807) is 43.3 Å². The number of hydrogen-bond donors (Lipinski definition) is 1. The average molecular weight is 384 g/mol. The summed E-state index contributed by atoms with van der Waals surface area (Å²) in [6, 6.07) is 10.3. The highest BCUT2D eigenvalue weighted by Crippen LogP contribution is 2.28. The van der Waals surface area contributed by atoms with Crippen molar-refractivity contribution in [2.24, 2.45) is 0 Å². The summed E-state index contributed by atoms with van der Waals surface area (Å²) < 4.78 is 34.1. The number of sulfonamides is 1. The smallest absolute Gasteiger partial charge is 0.262 e. The van der Waals surface area contributed by atoms with Crippen molar-refractivity contribution in [3.63, 3.8) is 0 Å². The standard InChI is InChI=1S/C16H18BrNO3S/c1-4-21-15-9-10-16(12(3)11(15)2)22(19,20)18-14-7-5-13(17)6-8-14/h5-10,18H,4H2,1-3H3. The van der Waals surface area contributed by atoms with Crippen LogP contribution in [0.5, 0.6) is 5.75 Å². The van der Waals surface area contributed by atoms with Crippen molar-refractivity contribution in [2.75, 3.05) is 11.3 Å². The van der Waals surface area contributed by atoms with Gasteiger partial charge in [0.2, 0.25) is 0 Å². The maximum absolute atomic E-state index is 12.6. The summed E-state index contributed by atoms with van der Waals surface area (Å²) in [6.45, 7) is 6.09. The third-order valence-electron chi connectivity index (χ3n) is 3.37. The second-order valence-electron chi connectivity index (χ2n) is 4.86. The second-order valence-corrected chi connectivity index (χ2v) is 7.42. The van der Waals surface area contributed by atoms with Gasteiger partial charge in [-0.1, -0.05) is 15.9 Å². The Kier molecular flexibility index (Phi) is 5.13. The van der Waals surface area contributed by atoms with Crippen LogP contribution in [0.3, 0.4) is 0 Å². The van der Waals surface area contributed by atoms with Crippen LogP contribution in [-0.2, 0) is 10.0 Å².